The van der Waals surface area contributed by atoms with E-state index in [4.69, 9.17) is 4.74 Å². The lowest BCUT2D eigenvalue weighted by atomic mass is 10.0. The fraction of sp³-hybridized carbons (Fsp3) is 0.778. The molecule has 24 heavy (non-hydrogen) atoms. The molecule has 1 aromatic rings. The fourth-order valence-electron chi connectivity index (χ4n) is 2.98. The van der Waals surface area contributed by atoms with Gasteiger partial charge in [0.25, 0.3) is 0 Å². The van der Waals surface area contributed by atoms with Crippen molar-refractivity contribution in [3.05, 3.63) is 18.0 Å². The number of rotatable bonds is 5. The summed E-state index contributed by atoms with van der Waals surface area (Å²) in [5.41, 5.74) is 0.727. The molecule has 6 nitrogen and oxygen atoms in total. The first kappa shape index (κ1) is 18.8. The minimum Gasteiger partial charge on any atom is -0.444 e. The van der Waals surface area contributed by atoms with Gasteiger partial charge >= 0.3 is 6.09 Å². The Bertz CT molecular complexity index is 535. The number of aryl methyl sites for hydroxylation is 1. The molecular weight excluding hydrogens is 304 g/mol. The molecule has 1 fully saturated rings. The van der Waals surface area contributed by atoms with E-state index in [0.717, 1.165) is 38.9 Å². The lowest BCUT2D eigenvalue weighted by Gasteiger charge is -2.37. The molecule has 0 aliphatic carbocycles. The minimum absolute atomic E-state index is 0.192. The molecule has 0 bridgehead atoms. The maximum absolute atomic E-state index is 12.4. The van der Waals surface area contributed by atoms with Crippen molar-refractivity contribution in [1.82, 2.24) is 20.0 Å². The number of amides is 1. The van der Waals surface area contributed by atoms with Crippen LogP contribution in [0.15, 0.2) is 12.4 Å². The Balaban J connectivity index is 1.92. The predicted molar refractivity (Wildman–Crippen MR) is 94.9 cm³/mol. The lowest BCUT2D eigenvalue weighted by Crippen LogP contribution is -2.50. The van der Waals surface area contributed by atoms with Gasteiger partial charge in [0.2, 0.25) is 0 Å². The Morgan fingerprint density at radius 2 is 2.21 bits per heavy atom. The molecule has 6 heteroatoms. The maximum atomic E-state index is 12.4. The van der Waals surface area contributed by atoms with Gasteiger partial charge in [-0.1, -0.05) is 0 Å². The first-order chi connectivity index (χ1) is 11.3. The van der Waals surface area contributed by atoms with Gasteiger partial charge in [0.05, 0.1) is 6.20 Å². The number of nitrogens with one attached hydrogen (secondary N) is 1. The highest BCUT2D eigenvalue weighted by atomic mass is 16.6. The second-order valence-corrected chi connectivity index (χ2v) is 7.58. The minimum atomic E-state index is -0.450. The molecule has 1 saturated heterocycles. The molecular formula is C18H32N4O2. The molecule has 1 amide bonds. The standard InChI is InChI=1S/C18H32N4O2/c1-6-21-13-15(11-20-21)14(2)19-12-16-9-7-8-10-22(16)17(23)24-18(3,4)5/h11,13-14,16,19H,6-10,12H2,1-5H3. The van der Waals surface area contributed by atoms with Gasteiger partial charge in [-0.15, -0.1) is 0 Å². The monoisotopic (exact) mass is 336 g/mol. The summed E-state index contributed by atoms with van der Waals surface area (Å²) in [6.45, 7) is 12.4. The van der Waals surface area contributed by atoms with Crippen molar-refractivity contribution in [3.8, 4) is 0 Å². The molecule has 0 aromatic carbocycles. The van der Waals surface area contributed by atoms with Crippen LogP contribution in [-0.2, 0) is 11.3 Å². The number of aromatic nitrogens is 2. The summed E-state index contributed by atoms with van der Waals surface area (Å²) in [6, 6.07) is 0.407. The SMILES string of the molecule is CCn1cc(C(C)NCC2CCCCN2C(=O)OC(C)(C)C)cn1. The Labute approximate surface area is 145 Å². The molecule has 136 valence electrons. The molecule has 1 N–H and O–H groups in total. The molecule has 1 aromatic heterocycles. The van der Waals surface area contributed by atoms with E-state index < -0.39 is 5.60 Å². The van der Waals surface area contributed by atoms with Gasteiger partial charge in [-0.25, -0.2) is 4.79 Å². The maximum Gasteiger partial charge on any atom is 0.410 e. The van der Waals surface area contributed by atoms with Crippen molar-refractivity contribution in [2.24, 2.45) is 0 Å². The third-order valence-electron chi connectivity index (χ3n) is 4.39. The van der Waals surface area contributed by atoms with Crippen LogP contribution in [0.25, 0.3) is 0 Å². The average Bonchev–Trinajstić information content (AvgIpc) is 3.00. The molecule has 1 aliphatic heterocycles. The lowest BCUT2D eigenvalue weighted by molar-refractivity contribution is 0.00970. The summed E-state index contributed by atoms with van der Waals surface area (Å²) in [5.74, 6) is 0. The van der Waals surface area contributed by atoms with Crippen LogP contribution in [0.3, 0.4) is 0 Å². The molecule has 2 atom stereocenters. The van der Waals surface area contributed by atoms with Gasteiger partial charge in [-0.05, 0) is 53.9 Å². The molecule has 0 radical (unpaired) electrons. The van der Waals surface area contributed by atoms with Crippen LogP contribution in [0, 0.1) is 0 Å². The fourth-order valence-corrected chi connectivity index (χ4v) is 2.98. The second kappa shape index (κ2) is 8.01. The first-order valence-corrected chi connectivity index (χ1v) is 9.05. The first-order valence-electron chi connectivity index (χ1n) is 9.05. The summed E-state index contributed by atoms with van der Waals surface area (Å²) < 4.78 is 7.49. The van der Waals surface area contributed by atoms with E-state index in [0.29, 0.717) is 0 Å². The number of hydrogen-bond donors (Lipinski definition) is 1. The van der Waals surface area contributed by atoms with Crippen LogP contribution in [0.5, 0.6) is 0 Å². The summed E-state index contributed by atoms with van der Waals surface area (Å²) in [7, 11) is 0. The van der Waals surface area contributed by atoms with Crippen LogP contribution in [0.4, 0.5) is 4.79 Å². The molecule has 2 rings (SSSR count). The summed E-state index contributed by atoms with van der Waals surface area (Å²) >= 11 is 0. The van der Waals surface area contributed by atoms with Crippen molar-refractivity contribution in [3.63, 3.8) is 0 Å². The van der Waals surface area contributed by atoms with E-state index in [9.17, 15) is 4.79 Å². The van der Waals surface area contributed by atoms with Crippen molar-refractivity contribution >= 4 is 6.09 Å². The van der Waals surface area contributed by atoms with E-state index in [1.54, 1.807) is 0 Å². The highest BCUT2D eigenvalue weighted by Crippen LogP contribution is 2.21. The van der Waals surface area contributed by atoms with E-state index in [-0.39, 0.29) is 18.2 Å². The van der Waals surface area contributed by atoms with Gasteiger partial charge in [0, 0.05) is 43.5 Å². The molecule has 1 aliphatic rings. The molecule has 2 unspecified atom stereocenters. The Morgan fingerprint density at radius 3 is 2.83 bits per heavy atom. The van der Waals surface area contributed by atoms with Crippen molar-refractivity contribution in [2.45, 2.75) is 78.1 Å². The van der Waals surface area contributed by atoms with Crippen molar-refractivity contribution < 1.29 is 9.53 Å². The average molecular weight is 336 g/mol. The van der Waals surface area contributed by atoms with E-state index >= 15 is 0 Å². The van der Waals surface area contributed by atoms with Gasteiger partial charge in [-0.2, -0.15) is 5.10 Å². The van der Waals surface area contributed by atoms with Crippen LogP contribution in [0.2, 0.25) is 0 Å². The van der Waals surface area contributed by atoms with E-state index in [1.807, 2.05) is 36.5 Å². The second-order valence-electron chi connectivity index (χ2n) is 7.58. The zero-order valence-corrected chi connectivity index (χ0v) is 15.7. The van der Waals surface area contributed by atoms with Gasteiger partial charge in [0.15, 0.2) is 0 Å². The van der Waals surface area contributed by atoms with Gasteiger partial charge in [-0.3, -0.25) is 4.68 Å². The summed E-state index contributed by atoms with van der Waals surface area (Å²) in [4.78, 5) is 14.3. The Morgan fingerprint density at radius 1 is 1.46 bits per heavy atom. The number of ether oxygens (including phenoxy) is 1. The Kier molecular flexibility index (Phi) is 6.27. The quantitative estimate of drug-likeness (QED) is 0.896. The van der Waals surface area contributed by atoms with Crippen molar-refractivity contribution in [2.75, 3.05) is 13.1 Å². The molecule has 0 spiro atoms. The smallest absolute Gasteiger partial charge is 0.410 e. The van der Waals surface area contributed by atoms with Gasteiger partial charge < -0.3 is 15.0 Å². The zero-order valence-electron chi connectivity index (χ0n) is 15.7. The largest absolute Gasteiger partial charge is 0.444 e. The molecule has 0 saturated carbocycles. The van der Waals surface area contributed by atoms with Crippen molar-refractivity contribution in [1.29, 1.82) is 0 Å². The number of carbonyl (C=O) groups excluding carboxylic acids is 1. The van der Waals surface area contributed by atoms with Crippen LogP contribution >= 0.6 is 0 Å². The molecule has 2 heterocycles. The topological polar surface area (TPSA) is 59.4 Å². The third-order valence-corrected chi connectivity index (χ3v) is 4.39. The zero-order chi connectivity index (χ0) is 17.7. The van der Waals surface area contributed by atoms with E-state index in [1.165, 1.54) is 5.56 Å². The van der Waals surface area contributed by atoms with Crippen LogP contribution in [0.1, 0.15) is 65.5 Å². The highest BCUT2D eigenvalue weighted by Gasteiger charge is 2.30. The van der Waals surface area contributed by atoms with E-state index in [2.05, 4.69) is 30.5 Å². The summed E-state index contributed by atoms with van der Waals surface area (Å²) in [6.07, 6.45) is 7.02. The van der Waals surface area contributed by atoms with Crippen LogP contribution < -0.4 is 5.32 Å². The number of piperidine rings is 1. The normalized spacial score (nSPS) is 20.0. The third kappa shape index (κ3) is 5.23. The number of hydrogen-bond acceptors (Lipinski definition) is 4. The number of nitrogens with zero attached hydrogens (tertiary/aromatic N) is 3. The predicted octanol–water partition coefficient (Wildman–Crippen LogP) is 3.34. The number of carbonyl (C=O) groups is 1. The highest BCUT2D eigenvalue weighted by molar-refractivity contribution is 5.68. The van der Waals surface area contributed by atoms with Crippen LogP contribution in [-0.4, -0.2) is 45.5 Å². The summed E-state index contributed by atoms with van der Waals surface area (Å²) in [5, 5.41) is 7.88. The number of likely N-dealkylation sites (tertiary alicyclic amines) is 1. The Hall–Kier alpha value is -1.56. The van der Waals surface area contributed by atoms with Gasteiger partial charge in [0.1, 0.15) is 5.60 Å².